The second kappa shape index (κ2) is 6.86. The maximum absolute atomic E-state index is 12.2. The molecule has 0 atom stereocenters. The van der Waals surface area contributed by atoms with E-state index in [0.717, 1.165) is 25.4 Å². The fourth-order valence-electron chi connectivity index (χ4n) is 2.57. The van der Waals surface area contributed by atoms with Crippen LogP contribution in [0.2, 0.25) is 0 Å². The maximum Gasteiger partial charge on any atom is 0.269 e. The molecule has 0 aliphatic heterocycles. The van der Waals surface area contributed by atoms with Gasteiger partial charge in [0.2, 0.25) is 5.91 Å². The number of fused-ring (bicyclic) bond motifs is 3. The Labute approximate surface area is 161 Å². The van der Waals surface area contributed by atoms with Crippen LogP contribution < -0.4 is 5.32 Å². The number of nitrogens with zero attached hydrogens (tertiary/aromatic N) is 3. The smallest absolute Gasteiger partial charge is 0.269 e. The van der Waals surface area contributed by atoms with Crippen molar-refractivity contribution >= 4 is 65.9 Å². The third-order valence-electron chi connectivity index (χ3n) is 3.78. The third-order valence-corrected chi connectivity index (χ3v) is 5.71. The first-order valence-electron chi connectivity index (χ1n) is 7.90. The molecule has 0 aliphatic carbocycles. The van der Waals surface area contributed by atoms with Crippen molar-refractivity contribution in [3.63, 3.8) is 0 Å². The number of benzene rings is 2. The quantitative estimate of drug-likeness (QED) is 0.304. The molecule has 1 N–H and O–H groups in total. The molecule has 9 heteroatoms. The number of aromatic nitrogens is 2. The van der Waals surface area contributed by atoms with E-state index in [4.69, 9.17) is 0 Å². The Morgan fingerprint density at radius 2 is 1.93 bits per heavy atom. The molecule has 7 nitrogen and oxygen atoms in total. The first-order valence-corrected chi connectivity index (χ1v) is 9.53. The summed E-state index contributed by atoms with van der Waals surface area (Å²) >= 11 is 3.01. The molecular formula is C18H12N4O3S2. The van der Waals surface area contributed by atoms with Gasteiger partial charge in [-0.05, 0) is 42.8 Å². The Bertz CT molecular complexity index is 1210. The van der Waals surface area contributed by atoms with Crippen molar-refractivity contribution in [2.24, 2.45) is 0 Å². The molecule has 4 aromatic rings. The predicted molar refractivity (Wildman–Crippen MR) is 108 cm³/mol. The Morgan fingerprint density at radius 3 is 2.67 bits per heavy atom. The lowest BCUT2D eigenvalue weighted by molar-refractivity contribution is -0.384. The number of amides is 1. The Kier molecular flexibility index (Phi) is 4.38. The van der Waals surface area contributed by atoms with Crippen LogP contribution in [0.1, 0.15) is 10.6 Å². The first kappa shape index (κ1) is 17.3. The van der Waals surface area contributed by atoms with E-state index in [1.165, 1.54) is 29.5 Å². The van der Waals surface area contributed by atoms with Gasteiger partial charge < -0.3 is 0 Å². The average molecular weight is 396 g/mol. The summed E-state index contributed by atoms with van der Waals surface area (Å²) in [6, 6.07) is 9.87. The molecular weight excluding hydrogens is 384 g/mol. The summed E-state index contributed by atoms with van der Waals surface area (Å²) in [6.07, 6.45) is 2.96. The molecule has 2 heterocycles. The number of carbonyl (C=O) groups is 1. The van der Waals surface area contributed by atoms with Crippen LogP contribution in [0.3, 0.4) is 0 Å². The predicted octanol–water partition coefficient (Wildman–Crippen LogP) is 4.77. The van der Waals surface area contributed by atoms with E-state index in [1.54, 1.807) is 29.5 Å². The number of hydrogen-bond acceptors (Lipinski definition) is 7. The molecule has 134 valence electrons. The number of hydrogen-bond donors (Lipinski definition) is 1. The minimum absolute atomic E-state index is 0.00895. The number of aryl methyl sites for hydroxylation is 1. The third kappa shape index (κ3) is 3.55. The highest BCUT2D eigenvalue weighted by Crippen LogP contribution is 2.34. The molecule has 0 fully saturated rings. The summed E-state index contributed by atoms with van der Waals surface area (Å²) in [4.78, 5) is 31.3. The molecule has 27 heavy (non-hydrogen) atoms. The Morgan fingerprint density at radius 1 is 1.15 bits per heavy atom. The number of nitro benzene ring substituents is 1. The first-order chi connectivity index (χ1) is 13.0. The Balaban J connectivity index is 1.52. The van der Waals surface area contributed by atoms with Gasteiger partial charge in [-0.15, -0.1) is 11.3 Å². The highest BCUT2D eigenvalue weighted by atomic mass is 32.1. The van der Waals surface area contributed by atoms with E-state index in [0.29, 0.717) is 10.7 Å². The topological polar surface area (TPSA) is 98.0 Å². The van der Waals surface area contributed by atoms with Gasteiger partial charge >= 0.3 is 0 Å². The summed E-state index contributed by atoms with van der Waals surface area (Å²) in [6.45, 7) is 1.96. The maximum atomic E-state index is 12.2. The zero-order chi connectivity index (χ0) is 19.0. The minimum atomic E-state index is -0.464. The van der Waals surface area contributed by atoms with Crippen LogP contribution in [0.5, 0.6) is 0 Å². The van der Waals surface area contributed by atoms with Gasteiger partial charge in [-0.3, -0.25) is 20.2 Å². The largest absolute Gasteiger partial charge is 0.298 e. The van der Waals surface area contributed by atoms with E-state index in [-0.39, 0.29) is 11.6 Å². The SMILES string of the molecule is Cc1nc2c(ccc3nc(NC(=O)/C=C/c4ccc([N+](=O)[O-])cc4)sc32)s1. The van der Waals surface area contributed by atoms with Gasteiger partial charge in [0.15, 0.2) is 5.13 Å². The molecule has 0 bridgehead atoms. The van der Waals surface area contributed by atoms with Crippen molar-refractivity contribution in [1.29, 1.82) is 0 Å². The number of anilines is 1. The lowest BCUT2D eigenvalue weighted by Gasteiger charge is -1.96. The molecule has 1 amide bonds. The van der Waals surface area contributed by atoms with E-state index < -0.39 is 4.92 Å². The van der Waals surface area contributed by atoms with Gasteiger partial charge in [-0.2, -0.15) is 0 Å². The molecule has 2 aromatic carbocycles. The number of non-ortho nitro benzene ring substituents is 1. The van der Waals surface area contributed by atoms with E-state index >= 15 is 0 Å². The van der Waals surface area contributed by atoms with Crippen molar-refractivity contribution in [2.75, 3.05) is 5.32 Å². The van der Waals surface area contributed by atoms with E-state index in [1.807, 2.05) is 19.1 Å². The van der Waals surface area contributed by atoms with Crippen molar-refractivity contribution in [3.05, 3.63) is 63.2 Å². The van der Waals surface area contributed by atoms with Crippen molar-refractivity contribution < 1.29 is 9.72 Å². The average Bonchev–Trinajstić information content (AvgIpc) is 3.22. The highest BCUT2D eigenvalue weighted by molar-refractivity contribution is 7.24. The summed E-state index contributed by atoms with van der Waals surface area (Å²) in [5, 5.41) is 14.9. The van der Waals surface area contributed by atoms with Gasteiger partial charge in [-0.25, -0.2) is 9.97 Å². The molecule has 0 unspecified atom stereocenters. The number of nitro groups is 1. The summed E-state index contributed by atoms with van der Waals surface area (Å²) in [7, 11) is 0. The van der Waals surface area contributed by atoms with Crippen LogP contribution in [-0.4, -0.2) is 20.8 Å². The van der Waals surface area contributed by atoms with Gasteiger partial charge in [-0.1, -0.05) is 11.3 Å². The van der Waals surface area contributed by atoms with Gasteiger partial charge in [0.1, 0.15) is 5.52 Å². The number of carbonyl (C=O) groups excluding carboxylic acids is 1. The van der Waals surface area contributed by atoms with Gasteiger partial charge in [0.25, 0.3) is 5.69 Å². The highest BCUT2D eigenvalue weighted by Gasteiger charge is 2.12. The molecule has 0 saturated carbocycles. The van der Waals surface area contributed by atoms with Crippen LogP contribution in [0.15, 0.2) is 42.5 Å². The minimum Gasteiger partial charge on any atom is -0.298 e. The zero-order valence-corrected chi connectivity index (χ0v) is 15.6. The van der Waals surface area contributed by atoms with Gasteiger partial charge in [0.05, 0.1) is 24.8 Å². The number of thiazole rings is 2. The fourth-order valence-corrected chi connectivity index (χ4v) is 4.43. The van der Waals surface area contributed by atoms with Crippen LogP contribution in [0.25, 0.3) is 26.5 Å². The van der Waals surface area contributed by atoms with E-state index in [2.05, 4.69) is 15.3 Å². The summed E-state index contributed by atoms with van der Waals surface area (Å²) in [5.41, 5.74) is 2.41. The van der Waals surface area contributed by atoms with Crippen LogP contribution >= 0.6 is 22.7 Å². The second-order valence-corrected chi connectivity index (χ2v) is 7.92. The van der Waals surface area contributed by atoms with E-state index in [9.17, 15) is 14.9 Å². The molecule has 0 spiro atoms. The number of nitrogens with one attached hydrogen (secondary N) is 1. The van der Waals surface area contributed by atoms with Crippen LogP contribution in [0, 0.1) is 17.0 Å². The fraction of sp³-hybridized carbons (Fsp3) is 0.0556. The molecule has 0 saturated heterocycles. The van der Waals surface area contributed by atoms with Crippen molar-refractivity contribution in [3.8, 4) is 0 Å². The number of rotatable bonds is 4. The van der Waals surface area contributed by atoms with Gasteiger partial charge in [0, 0.05) is 18.2 Å². The van der Waals surface area contributed by atoms with Crippen LogP contribution in [0.4, 0.5) is 10.8 Å². The van der Waals surface area contributed by atoms with Crippen molar-refractivity contribution in [2.45, 2.75) is 6.92 Å². The molecule has 0 radical (unpaired) electrons. The molecule has 2 aromatic heterocycles. The molecule has 0 aliphatic rings. The van der Waals surface area contributed by atoms with Crippen molar-refractivity contribution in [1.82, 2.24) is 9.97 Å². The monoisotopic (exact) mass is 396 g/mol. The lowest BCUT2D eigenvalue weighted by Crippen LogP contribution is -2.07. The summed E-state index contributed by atoms with van der Waals surface area (Å²) in [5.74, 6) is -0.321. The Hall–Kier alpha value is -3.17. The normalized spacial score (nSPS) is 11.4. The standard InChI is InChI=1S/C18H12N4O3S2/c1-10-19-16-14(26-10)8-7-13-17(16)27-18(20-13)21-15(23)9-4-11-2-5-12(6-3-11)22(24)25/h2-9H,1H3,(H,20,21,23)/b9-4+. The van der Waals surface area contributed by atoms with Crippen LogP contribution in [-0.2, 0) is 4.79 Å². The second-order valence-electron chi connectivity index (χ2n) is 5.68. The zero-order valence-electron chi connectivity index (χ0n) is 14.0. The summed E-state index contributed by atoms with van der Waals surface area (Å²) < 4.78 is 2.05. The molecule has 4 rings (SSSR count). The lowest BCUT2D eigenvalue weighted by atomic mass is 10.2.